The SMILES string of the molecule is C=C(C)CC(CC)CCc1ccc(C(C)(C)C)cc1. The van der Waals surface area contributed by atoms with Gasteiger partial charge in [-0.3, -0.25) is 0 Å². The highest BCUT2D eigenvalue weighted by Gasteiger charge is 2.13. The monoisotopic (exact) mass is 258 g/mol. The second-order valence-electron chi connectivity index (χ2n) is 6.92. The van der Waals surface area contributed by atoms with Crippen molar-refractivity contribution in [3.05, 3.63) is 47.5 Å². The lowest BCUT2D eigenvalue weighted by Crippen LogP contribution is -2.10. The maximum absolute atomic E-state index is 4.04. The lowest BCUT2D eigenvalue weighted by Gasteiger charge is -2.19. The van der Waals surface area contributed by atoms with E-state index < -0.39 is 0 Å². The third-order valence-corrected chi connectivity index (χ3v) is 3.88. The fourth-order valence-corrected chi connectivity index (χ4v) is 2.49. The van der Waals surface area contributed by atoms with Crippen molar-refractivity contribution in [1.29, 1.82) is 0 Å². The van der Waals surface area contributed by atoms with Crippen LogP contribution in [0.1, 0.15) is 65.0 Å². The first-order valence-corrected chi connectivity index (χ1v) is 7.56. The van der Waals surface area contributed by atoms with Crippen LogP contribution in [0.5, 0.6) is 0 Å². The van der Waals surface area contributed by atoms with Gasteiger partial charge in [0.15, 0.2) is 0 Å². The van der Waals surface area contributed by atoms with Gasteiger partial charge < -0.3 is 0 Å². The Balaban J connectivity index is 2.56. The molecule has 0 aliphatic carbocycles. The standard InChI is InChI=1S/C19H30/c1-7-16(14-15(2)3)8-9-17-10-12-18(13-11-17)19(4,5)6/h10-13,16H,2,7-9,14H2,1,3-6H3. The Kier molecular flexibility index (Phi) is 5.85. The average Bonchev–Trinajstić information content (AvgIpc) is 2.33. The van der Waals surface area contributed by atoms with Crippen molar-refractivity contribution >= 4 is 0 Å². The highest BCUT2D eigenvalue weighted by Crippen LogP contribution is 2.24. The van der Waals surface area contributed by atoms with Crippen molar-refractivity contribution in [3.63, 3.8) is 0 Å². The molecule has 0 nitrogen and oxygen atoms in total. The normalized spacial score (nSPS) is 13.3. The Bertz CT molecular complexity index is 389. The highest BCUT2D eigenvalue weighted by molar-refractivity contribution is 5.27. The second kappa shape index (κ2) is 6.93. The molecule has 0 saturated heterocycles. The Hall–Kier alpha value is -1.04. The van der Waals surface area contributed by atoms with E-state index in [-0.39, 0.29) is 5.41 Å². The summed E-state index contributed by atoms with van der Waals surface area (Å²) in [5.74, 6) is 0.791. The van der Waals surface area contributed by atoms with Crippen LogP contribution in [0.25, 0.3) is 0 Å². The number of hydrogen-bond donors (Lipinski definition) is 0. The number of hydrogen-bond acceptors (Lipinski definition) is 0. The molecule has 1 unspecified atom stereocenters. The quantitative estimate of drug-likeness (QED) is 0.556. The van der Waals surface area contributed by atoms with Crippen LogP contribution in [0.2, 0.25) is 0 Å². The molecule has 0 heterocycles. The Labute approximate surface area is 119 Å². The Morgan fingerprint density at radius 2 is 1.74 bits per heavy atom. The topological polar surface area (TPSA) is 0 Å². The lowest BCUT2D eigenvalue weighted by atomic mass is 9.86. The minimum absolute atomic E-state index is 0.254. The van der Waals surface area contributed by atoms with Gasteiger partial charge in [0.05, 0.1) is 0 Å². The van der Waals surface area contributed by atoms with Crippen LogP contribution in [0.3, 0.4) is 0 Å². The van der Waals surface area contributed by atoms with E-state index in [1.165, 1.54) is 42.4 Å². The maximum atomic E-state index is 4.04. The van der Waals surface area contributed by atoms with Gasteiger partial charge in [0.2, 0.25) is 0 Å². The van der Waals surface area contributed by atoms with Gasteiger partial charge >= 0.3 is 0 Å². The first kappa shape index (κ1) is 16.0. The predicted octanol–water partition coefficient (Wildman–Crippen LogP) is 5.91. The van der Waals surface area contributed by atoms with Crippen LogP contribution in [0, 0.1) is 5.92 Å². The summed E-state index contributed by atoms with van der Waals surface area (Å²) in [6, 6.07) is 9.17. The Morgan fingerprint density at radius 1 is 1.16 bits per heavy atom. The van der Waals surface area contributed by atoms with E-state index in [1.807, 2.05) is 0 Å². The summed E-state index contributed by atoms with van der Waals surface area (Å²) < 4.78 is 0. The van der Waals surface area contributed by atoms with Crippen molar-refractivity contribution in [3.8, 4) is 0 Å². The van der Waals surface area contributed by atoms with Crippen LogP contribution in [0.15, 0.2) is 36.4 Å². The van der Waals surface area contributed by atoms with Gasteiger partial charge in [0, 0.05) is 0 Å². The lowest BCUT2D eigenvalue weighted by molar-refractivity contribution is 0.467. The summed E-state index contributed by atoms with van der Waals surface area (Å²) in [6.45, 7) is 15.3. The van der Waals surface area contributed by atoms with E-state index in [2.05, 4.69) is 65.5 Å². The molecule has 0 heteroatoms. The van der Waals surface area contributed by atoms with Crippen molar-refractivity contribution in [2.24, 2.45) is 5.92 Å². The van der Waals surface area contributed by atoms with Crippen LogP contribution in [-0.4, -0.2) is 0 Å². The molecular formula is C19H30. The van der Waals surface area contributed by atoms with Crippen molar-refractivity contribution in [2.45, 2.75) is 65.7 Å². The molecule has 0 aromatic heterocycles. The summed E-state index contributed by atoms with van der Waals surface area (Å²) in [6.07, 6.45) is 4.90. The third kappa shape index (κ3) is 5.63. The van der Waals surface area contributed by atoms with Gasteiger partial charge in [0.1, 0.15) is 0 Å². The molecule has 0 N–H and O–H groups in total. The molecule has 1 aromatic carbocycles. The van der Waals surface area contributed by atoms with Crippen molar-refractivity contribution in [2.75, 3.05) is 0 Å². The molecule has 0 aliphatic rings. The van der Waals surface area contributed by atoms with E-state index in [4.69, 9.17) is 0 Å². The fraction of sp³-hybridized carbons (Fsp3) is 0.579. The van der Waals surface area contributed by atoms with Crippen LogP contribution < -0.4 is 0 Å². The molecule has 0 amide bonds. The minimum Gasteiger partial charge on any atom is -0.100 e. The molecule has 0 bridgehead atoms. The maximum Gasteiger partial charge on any atom is -0.0132 e. The van der Waals surface area contributed by atoms with Gasteiger partial charge in [0.25, 0.3) is 0 Å². The van der Waals surface area contributed by atoms with Gasteiger partial charge in [-0.15, -0.1) is 6.58 Å². The summed E-state index contributed by atoms with van der Waals surface area (Å²) >= 11 is 0. The van der Waals surface area contributed by atoms with E-state index >= 15 is 0 Å². The summed E-state index contributed by atoms with van der Waals surface area (Å²) in [5, 5.41) is 0. The van der Waals surface area contributed by atoms with Crippen molar-refractivity contribution < 1.29 is 0 Å². The summed E-state index contributed by atoms with van der Waals surface area (Å²) in [7, 11) is 0. The first-order valence-electron chi connectivity index (χ1n) is 7.56. The van der Waals surface area contributed by atoms with Gasteiger partial charge in [-0.1, -0.05) is 64.0 Å². The van der Waals surface area contributed by atoms with Gasteiger partial charge in [-0.25, -0.2) is 0 Å². The molecule has 0 fully saturated rings. The zero-order valence-electron chi connectivity index (χ0n) is 13.4. The molecule has 0 saturated carbocycles. The Morgan fingerprint density at radius 3 is 2.16 bits per heavy atom. The number of benzene rings is 1. The summed E-state index contributed by atoms with van der Waals surface area (Å²) in [4.78, 5) is 0. The number of allylic oxidation sites excluding steroid dienone is 1. The number of aryl methyl sites for hydroxylation is 1. The van der Waals surface area contributed by atoms with Crippen LogP contribution in [0.4, 0.5) is 0 Å². The smallest absolute Gasteiger partial charge is 0.0132 e. The van der Waals surface area contributed by atoms with E-state index in [0.717, 1.165) is 5.92 Å². The van der Waals surface area contributed by atoms with Gasteiger partial charge in [-0.2, -0.15) is 0 Å². The molecule has 19 heavy (non-hydrogen) atoms. The van der Waals surface area contributed by atoms with Crippen molar-refractivity contribution in [1.82, 2.24) is 0 Å². The highest BCUT2D eigenvalue weighted by atomic mass is 14.2. The average molecular weight is 258 g/mol. The molecule has 1 atom stereocenters. The van der Waals surface area contributed by atoms with Gasteiger partial charge in [-0.05, 0) is 48.6 Å². The molecule has 0 aliphatic heterocycles. The second-order valence-corrected chi connectivity index (χ2v) is 6.92. The van der Waals surface area contributed by atoms with Crippen LogP contribution >= 0.6 is 0 Å². The number of rotatable bonds is 6. The molecule has 106 valence electrons. The van der Waals surface area contributed by atoms with E-state index in [9.17, 15) is 0 Å². The fourth-order valence-electron chi connectivity index (χ4n) is 2.49. The molecule has 1 aromatic rings. The first-order chi connectivity index (χ1) is 8.82. The predicted molar refractivity (Wildman–Crippen MR) is 86.7 cm³/mol. The van der Waals surface area contributed by atoms with Crippen LogP contribution in [-0.2, 0) is 11.8 Å². The van der Waals surface area contributed by atoms with E-state index in [0.29, 0.717) is 0 Å². The molecule has 0 spiro atoms. The zero-order chi connectivity index (χ0) is 14.5. The molecule has 0 radical (unpaired) electrons. The molecule has 1 rings (SSSR count). The minimum atomic E-state index is 0.254. The van der Waals surface area contributed by atoms with E-state index in [1.54, 1.807) is 0 Å². The summed E-state index contributed by atoms with van der Waals surface area (Å²) in [5.41, 5.74) is 4.46. The third-order valence-electron chi connectivity index (χ3n) is 3.88. The molecular weight excluding hydrogens is 228 g/mol. The zero-order valence-corrected chi connectivity index (χ0v) is 13.4. The largest absolute Gasteiger partial charge is 0.100 e.